The van der Waals surface area contributed by atoms with Crippen LogP contribution in [0.5, 0.6) is 0 Å². The summed E-state index contributed by atoms with van der Waals surface area (Å²) in [6.07, 6.45) is 0. The Balaban J connectivity index is 2.78. The molecule has 1 rings (SSSR count). The zero-order valence-electron chi connectivity index (χ0n) is 7.90. The Morgan fingerprint density at radius 2 is 2.14 bits per heavy atom. The zero-order valence-corrected chi connectivity index (χ0v) is 8.72. The Morgan fingerprint density at radius 1 is 1.43 bits per heavy atom. The smallest absolute Gasteiger partial charge is 0.137 e. The van der Waals surface area contributed by atoms with E-state index in [1.807, 2.05) is 6.92 Å². The monoisotopic (exact) mass is 216 g/mol. The lowest BCUT2D eigenvalue weighted by Gasteiger charge is -2.08. The molecule has 0 fully saturated rings. The van der Waals surface area contributed by atoms with Crippen molar-refractivity contribution in [2.24, 2.45) is 0 Å². The first-order valence-electron chi connectivity index (χ1n) is 4.34. The van der Waals surface area contributed by atoms with E-state index in [4.69, 9.17) is 10.2 Å². The molecule has 2 N–H and O–H groups in total. The molecule has 0 aliphatic carbocycles. The van der Waals surface area contributed by atoms with E-state index in [0.29, 0.717) is 10.5 Å². The van der Waals surface area contributed by atoms with Crippen LogP contribution in [0.1, 0.15) is 12.5 Å². The summed E-state index contributed by atoms with van der Waals surface area (Å²) in [4.78, 5) is 0.503. The molecule has 78 valence electrons. The number of hydrogen-bond acceptors (Lipinski definition) is 3. The standard InChI is InChI=1S/C10H13FO2S/c1-7(5-12)14-10-3-2-8(6-13)4-9(10)11/h2-4,7,12-13H,5-6H2,1H3. The van der Waals surface area contributed by atoms with Crippen LogP contribution in [0.25, 0.3) is 0 Å². The van der Waals surface area contributed by atoms with Gasteiger partial charge in [-0.05, 0) is 17.7 Å². The van der Waals surface area contributed by atoms with E-state index in [1.165, 1.54) is 17.8 Å². The van der Waals surface area contributed by atoms with Crippen molar-refractivity contribution in [2.45, 2.75) is 23.7 Å². The predicted octanol–water partition coefficient (Wildman–Crippen LogP) is 1.79. The maximum atomic E-state index is 13.3. The average molecular weight is 216 g/mol. The van der Waals surface area contributed by atoms with Crippen LogP contribution in [0.3, 0.4) is 0 Å². The molecule has 4 heteroatoms. The van der Waals surface area contributed by atoms with Gasteiger partial charge < -0.3 is 10.2 Å². The molecule has 0 radical (unpaired) electrons. The lowest BCUT2D eigenvalue weighted by molar-refractivity contribution is 0.281. The van der Waals surface area contributed by atoms with Crippen LogP contribution in [-0.2, 0) is 6.61 Å². The van der Waals surface area contributed by atoms with E-state index in [1.54, 1.807) is 12.1 Å². The molecule has 0 saturated carbocycles. The van der Waals surface area contributed by atoms with Gasteiger partial charge in [0.2, 0.25) is 0 Å². The van der Waals surface area contributed by atoms with Crippen molar-refractivity contribution in [2.75, 3.05) is 6.61 Å². The zero-order chi connectivity index (χ0) is 10.6. The van der Waals surface area contributed by atoms with Crippen molar-refractivity contribution >= 4 is 11.8 Å². The van der Waals surface area contributed by atoms with Gasteiger partial charge in [-0.3, -0.25) is 0 Å². The highest BCUT2D eigenvalue weighted by atomic mass is 32.2. The number of hydrogen-bond donors (Lipinski definition) is 2. The van der Waals surface area contributed by atoms with Crippen LogP contribution < -0.4 is 0 Å². The van der Waals surface area contributed by atoms with Crippen LogP contribution >= 0.6 is 11.8 Å². The molecule has 1 aromatic carbocycles. The molecule has 1 atom stereocenters. The number of halogens is 1. The molecule has 1 aromatic rings. The Bertz CT molecular complexity index is 304. The fourth-order valence-corrected chi connectivity index (χ4v) is 1.82. The summed E-state index contributed by atoms with van der Waals surface area (Å²) in [6.45, 7) is 1.69. The van der Waals surface area contributed by atoms with E-state index in [0.717, 1.165) is 0 Å². The van der Waals surface area contributed by atoms with Crippen LogP contribution in [0.2, 0.25) is 0 Å². The quantitative estimate of drug-likeness (QED) is 0.754. The highest BCUT2D eigenvalue weighted by molar-refractivity contribution is 8.00. The van der Waals surface area contributed by atoms with Gasteiger partial charge in [0, 0.05) is 10.1 Å². The van der Waals surface area contributed by atoms with Gasteiger partial charge in [0.05, 0.1) is 13.2 Å². The SMILES string of the molecule is CC(CO)Sc1ccc(CO)cc1F. The summed E-state index contributed by atoms with van der Waals surface area (Å²) in [5.41, 5.74) is 0.559. The van der Waals surface area contributed by atoms with E-state index in [9.17, 15) is 4.39 Å². The van der Waals surface area contributed by atoms with Gasteiger partial charge in [0.15, 0.2) is 0 Å². The fraction of sp³-hybridized carbons (Fsp3) is 0.400. The number of thioether (sulfide) groups is 1. The van der Waals surface area contributed by atoms with E-state index in [2.05, 4.69) is 0 Å². The summed E-state index contributed by atoms with van der Waals surface area (Å²) in [5.74, 6) is -0.346. The van der Waals surface area contributed by atoms with Crippen LogP contribution in [0.4, 0.5) is 4.39 Å². The van der Waals surface area contributed by atoms with Crippen molar-refractivity contribution in [1.29, 1.82) is 0 Å². The van der Waals surface area contributed by atoms with Crippen LogP contribution in [0.15, 0.2) is 23.1 Å². The number of aliphatic hydroxyl groups excluding tert-OH is 2. The highest BCUT2D eigenvalue weighted by Gasteiger charge is 2.08. The van der Waals surface area contributed by atoms with Crippen LogP contribution in [-0.4, -0.2) is 22.1 Å². The van der Waals surface area contributed by atoms with E-state index in [-0.39, 0.29) is 24.3 Å². The third-order valence-electron chi connectivity index (χ3n) is 1.76. The molecule has 1 unspecified atom stereocenters. The summed E-state index contributed by atoms with van der Waals surface area (Å²) in [7, 11) is 0. The molecule has 0 aliphatic rings. The molecule has 0 spiro atoms. The van der Waals surface area contributed by atoms with Gasteiger partial charge in [-0.2, -0.15) is 0 Å². The first-order chi connectivity index (χ1) is 6.67. The Hall–Kier alpha value is -0.580. The van der Waals surface area contributed by atoms with Crippen molar-refractivity contribution in [1.82, 2.24) is 0 Å². The second-order valence-electron chi connectivity index (χ2n) is 3.03. The van der Waals surface area contributed by atoms with Gasteiger partial charge in [0.1, 0.15) is 5.82 Å². The number of aliphatic hydroxyl groups is 2. The molecule has 0 bridgehead atoms. The van der Waals surface area contributed by atoms with Gasteiger partial charge in [-0.25, -0.2) is 4.39 Å². The number of rotatable bonds is 4. The maximum absolute atomic E-state index is 13.3. The molecule has 0 aliphatic heterocycles. The Morgan fingerprint density at radius 3 is 2.64 bits per heavy atom. The van der Waals surface area contributed by atoms with Gasteiger partial charge in [-0.1, -0.05) is 13.0 Å². The van der Waals surface area contributed by atoms with Crippen molar-refractivity contribution < 1.29 is 14.6 Å². The van der Waals surface area contributed by atoms with Crippen molar-refractivity contribution in [3.63, 3.8) is 0 Å². The van der Waals surface area contributed by atoms with E-state index < -0.39 is 0 Å². The summed E-state index contributed by atoms with van der Waals surface area (Å²) in [5, 5.41) is 17.5. The van der Waals surface area contributed by atoms with Crippen molar-refractivity contribution in [3.05, 3.63) is 29.6 Å². The summed E-state index contributed by atoms with van der Waals surface area (Å²) < 4.78 is 13.3. The first kappa shape index (κ1) is 11.5. The molecular weight excluding hydrogens is 203 g/mol. The van der Waals surface area contributed by atoms with Crippen LogP contribution in [0, 0.1) is 5.82 Å². The molecular formula is C10H13FO2S. The fourth-order valence-electron chi connectivity index (χ4n) is 0.992. The minimum Gasteiger partial charge on any atom is -0.395 e. The Labute approximate surface area is 86.8 Å². The summed E-state index contributed by atoms with van der Waals surface area (Å²) >= 11 is 1.28. The average Bonchev–Trinajstić information content (AvgIpc) is 2.20. The largest absolute Gasteiger partial charge is 0.395 e. The van der Waals surface area contributed by atoms with Gasteiger partial charge >= 0.3 is 0 Å². The minimum atomic E-state index is -0.346. The van der Waals surface area contributed by atoms with Gasteiger partial charge in [-0.15, -0.1) is 11.8 Å². The molecule has 14 heavy (non-hydrogen) atoms. The molecule has 0 amide bonds. The topological polar surface area (TPSA) is 40.5 Å². The Kier molecular flexibility index (Phi) is 4.38. The summed E-state index contributed by atoms with van der Waals surface area (Å²) in [6, 6.07) is 4.61. The molecule has 0 saturated heterocycles. The first-order valence-corrected chi connectivity index (χ1v) is 5.22. The maximum Gasteiger partial charge on any atom is 0.137 e. The third-order valence-corrected chi connectivity index (χ3v) is 2.90. The van der Waals surface area contributed by atoms with Gasteiger partial charge in [0.25, 0.3) is 0 Å². The normalized spacial score (nSPS) is 12.9. The second kappa shape index (κ2) is 5.34. The molecule has 2 nitrogen and oxygen atoms in total. The van der Waals surface area contributed by atoms with E-state index >= 15 is 0 Å². The molecule has 0 aromatic heterocycles. The second-order valence-corrected chi connectivity index (χ2v) is 4.51. The third kappa shape index (κ3) is 2.97. The highest BCUT2D eigenvalue weighted by Crippen LogP contribution is 2.26. The van der Waals surface area contributed by atoms with Crippen molar-refractivity contribution in [3.8, 4) is 0 Å². The lowest BCUT2D eigenvalue weighted by atomic mass is 10.2. The minimum absolute atomic E-state index is 0.0197. The predicted molar refractivity (Wildman–Crippen MR) is 54.7 cm³/mol. The number of benzene rings is 1. The lowest BCUT2D eigenvalue weighted by Crippen LogP contribution is -2.02. The molecule has 0 heterocycles.